The second-order valence-electron chi connectivity index (χ2n) is 4.45. The Kier molecular flexibility index (Phi) is 4.55. The third kappa shape index (κ3) is 3.47. The Bertz CT molecular complexity index is 501. The van der Waals surface area contributed by atoms with Crippen molar-refractivity contribution in [2.45, 2.75) is 25.8 Å². The zero-order valence-corrected chi connectivity index (χ0v) is 10.6. The van der Waals surface area contributed by atoms with Gasteiger partial charge in [-0.25, -0.2) is 0 Å². The van der Waals surface area contributed by atoms with E-state index in [1.54, 1.807) is 13.8 Å². The summed E-state index contributed by atoms with van der Waals surface area (Å²) in [6, 6.07) is 2.91. The minimum absolute atomic E-state index is 0.0313. The summed E-state index contributed by atoms with van der Waals surface area (Å²) in [4.78, 5) is 21.4. The van der Waals surface area contributed by atoms with Crippen molar-refractivity contribution in [1.29, 1.82) is 0 Å². The van der Waals surface area contributed by atoms with Crippen molar-refractivity contribution < 1.29 is 19.2 Å². The molecule has 7 heteroatoms. The molecule has 0 fully saturated rings. The van der Waals surface area contributed by atoms with Crippen molar-refractivity contribution in [1.82, 2.24) is 5.32 Å². The van der Waals surface area contributed by atoms with E-state index in [2.05, 4.69) is 5.32 Å². The molecule has 1 unspecified atom stereocenters. The molecule has 19 heavy (non-hydrogen) atoms. The molecule has 1 atom stereocenters. The van der Waals surface area contributed by atoms with E-state index in [9.17, 15) is 24.4 Å². The maximum absolute atomic E-state index is 13.4. The van der Waals surface area contributed by atoms with E-state index in [4.69, 9.17) is 0 Å². The van der Waals surface area contributed by atoms with Crippen LogP contribution in [0.5, 0.6) is 0 Å². The second kappa shape index (κ2) is 5.75. The van der Waals surface area contributed by atoms with Crippen LogP contribution in [0.25, 0.3) is 0 Å². The molecule has 0 heterocycles. The highest BCUT2D eigenvalue weighted by molar-refractivity contribution is 5.94. The number of hydrogen-bond donors (Lipinski definition) is 2. The van der Waals surface area contributed by atoms with Gasteiger partial charge < -0.3 is 10.4 Å². The van der Waals surface area contributed by atoms with Gasteiger partial charge >= 0.3 is 5.69 Å². The van der Waals surface area contributed by atoms with Crippen molar-refractivity contribution in [3.8, 4) is 0 Å². The quantitative estimate of drug-likeness (QED) is 0.628. The van der Waals surface area contributed by atoms with Crippen LogP contribution in [0.15, 0.2) is 18.2 Å². The van der Waals surface area contributed by atoms with Crippen LogP contribution in [0, 0.1) is 15.9 Å². The summed E-state index contributed by atoms with van der Waals surface area (Å²) < 4.78 is 13.4. The summed E-state index contributed by atoms with van der Waals surface area (Å²) in [6.45, 7) is 3.17. The predicted octanol–water partition coefficient (Wildman–Crippen LogP) is 1.62. The van der Waals surface area contributed by atoms with Crippen LogP contribution in [0.1, 0.15) is 30.6 Å². The molecule has 0 bridgehead atoms. The first-order valence-corrected chi connectivity index (χ1v) is 5.70. The number of amides is 1. The van der Waals surface area contributed by atoms with Crippen LogP contribution in [0.3, 0.4) is 0 Å². The Morgan fingerprint density at radius 2 is 2.21 bits per heavy atom. The van der Waals surface area contributed by atoms with Crippen LogP contribution in [-0.4, -0.2) is 28.1 Å². The van der Waals surface area contributed by atoms with Gasteiger partial charge in [0.05, 0.1) is 17.1 Å². The van der Waals surface area contributed by atoms with Crippen LogP contribution in [-0.2, 0) is 0 Å². The van der Waals surface area contributed by atoms with Crippen LogP contribution in [0.4, 0.5) is 10.1 Å². The monoisotopic (exact) mass is 270 g/mol. The molecule has 0 aliphatic rings. The summed E-state index contributed by atoms with van der Waals surface area (Å²) >= 11 is 0. The van der Waals surface area contributed by atoms with Gasteiger partial charge in [-0.05, 0) is 25.5 Å². The first-order chi connectivity index (χ1) is 8.83. The number of carbonyl (C=O) groups is 1. The highest BCUT2D eigenvalue weighted by Gasteiger charge is 2.25. The van der Waals surface area contributed by atoms with Gasteiger partial charge in [-0.3, -0.25) is 14.9 Å². The van der Waals surface area contributed by atoms with Gasteiger partial charge in [0, 0.05) is 11.6 Å². The van der Waals surface area contributed by atoms with Gasteiger partial charge in [0.2, 0.25) is 5.82 Å². The van der Waals surface area contributed by atoms with E-state index in [0.29, 0.717) is 6.42 Å². The third-order valence-electron chi connectivity index (χ3n) is 2.95. The van der Waals surface area contributed by atoms with E-state index in [1.807, 2.05) is 0 Å². The van der Waals surface area contributed by atoms with Gasteiger partial charge in [0.15, 0.2) is 0 Å². The second-order valence-corrected chi connectivity index (χ2v) is 4.45. The molecule has 1 aromatic carbocycles. The molecule has 0 spiro atoms. The summed E-state index contributed by atoms with van der Waals surface area (Å²) in [7, 11) is 0. The topological polar surface area (TPSA) is 92.5 Å². The maximum atomic E-state index is 13.4. The van der Waals surface area contributed by atoms with Crippen molar-refractivity contribution >= 4 is 11.6 Å². The lowest BCUT2D eigenvalue weighted by atomic mass is 9.99. The molecule has 2 N–H and O–H groups in total. The molecule has 1 aromatic rings. The highest BCUT2D eigenvalue weighted by Crippen LogP contribution is 2.18. The molecule has 0 aliphatic heterocycles. The summed E-state index contributed by atoms with van der Waals surface area (Å²) in [5, 5.41) is 22.2. The van der Waals surface area contributed by atoms with Crippen LogP contribution < -0.4 is 5.32 Å². The zero-order chi connectivity index (χ0) is 14.6. The van der Waals surface area contributed by atoms with Gasteiger partial charge in [-0.1, -0.05) is 6.92 Å². The number of hydrogen-bond acceptors (Lipinski definition) is 4. The molecule has 104 valence electrons. The Morgan fingerprint density at radius 3 is 2.63 bits per heavy atom. The number of nitro groups is 1. The lowest BCUT2D eigenvalue weighted by molar-refractivity contribution is -0.387. The fourth-order valence-corrected chi connectivity index (χ4v) is 1.38. The summed E-state index contributed by atoms with van der Waals surface area (Å²) in [6.07, 6.45) is 0.491. The first kappa shape index (κ1) is 15.0. The molecule has 0 aromatic heterocycles. The largest absolute Gasteiger partial charge is 0.394 e. The minimum Gasteiger partial charge on any atom is -0.394 e. The number of nitro benzene ring substituents is 1. The van der Waals surface area contributed by atoms with E-state index >= 15 is 0 Å². The van der Waals surface area contributed by atoms with Crippen LogP contribution in [0.2, 0.25) is 0 Å². The number of halogens is 1. The SMILES string of the molecule is CCC(C)(CO)NC(=O)c1ccc([N+](=O)[O-])c(F)c1. The Balaban J connectivity index is 2.96. The average molecular weight is 270 g/mol. The Morgan fingerprint density at radius 1 is 1.58 bits per heavy atom. The molecule has 0 aliphatic carbocycles. The molecule has 0 saturated heterocycles. The van der Waals surface area contributed by atoms with Crippen molar-refractivity contribution in [3.63, 3.8) is 0 Å². The fourth-order valence-electron chi connectivity index (χ4n) is 1.38. The van der Waals surface area contributed by atoms with Gasteiger partial charge in [-0.15, -0.1) is 0 Å². The maximum Gasteiger partial charge on any atom is 0.304 e. The van der Waals surface area contributed by atoms with Crippen molar-refractivity contribution in [3.05, 3.63) is 39.7 Å². The van der Waals surface area contributed by atoms with Crippen molar-refractivity contribution in [2.24, 2.45) is 0 Å². The average Bonchev–Trinajstić information content (AvgIpc) is 2.37. The Hall–Kier alpha value is -2.02. The summed E-state index contributed by atoms with van der Waals surface area (Å²) in [5.41, 5.74) is -1.52. The number of nitrogens with zero attached hydrogens (tertiary/aromatic N) is 1. The zero-order valence-electron chi connectivity index (χ0n) is 10.6. The van der Waals surface area contributed by atoms with E-state index in [-0.39, 0.29) is 12.2 Å². The van der Waals surface area contributed by atoms with E-state index in [0.717, 1.165) is 12.1 Å². The normalized spacial score (nSPS) is 13.7. The number of rotatable bonds is 5. The molecule has 1 rings (SSSR count). The number of aliphatic hydroxyl groups is 1. The first-order valence-electron chi connectivity index (χ1n) is 5.70. The predicted molar refractivity (Wildman–Crippen MR) is 66.3 cm³/mol. The molecule has 6 nitrogen and oxygen atoms in total. The van der Waals surface area contributed by atoms with Crippen LogP contribution >= 0.6 is 0 Å². The standard InChI is InChI=1S/C12H15FN2O4/c1-3-12(2,7-16)14-11(17)8-4-5-10(15(18)19)9(13)6-8/h4-6,16H,3,7H2,1-2H3,(H,14,17). The molecule has 0 radical (unpaired) electrons. The lowest BCUT2D eigenvalue weighted by Gasteiger charge is -2.27. The lowest BCUT2D eigenvalue weighted by Crippen LogP contribution is -2.48. The minimum atomic E-state index is -1.07. The Labute approximate surface area is 109 Å². The smallest absolute Gasteiger partial charge is 0.304 e. The molecule has 0 saturated carbocycles. The number of carbonyl (C=O) groups excluding carboxylic acids is 1. The van der Waals surface area contributed by atoms with Gasteiger partial charge in [-0.2, -0.15) is 4.39 Å². The van der Waals surface area contributed by atoms with E-state index in [1.165, 1.54) is 6.07 Å². The highest BCUT2D eigenvalue weighted by atomic mass is 19.1. The van der Waals surface area contributed by atoms with E-state index < -0.39 is 27.9 Å². The molecular formula is C12H15FN2O4. The fraction of sp³-hybridized carbons (Fsp3) is 0.417. The number of nitrogens with one attached hydrogen (secondary N) is 1. The molecule has 1 amide bonds. The summed E-state index contributed by atoms with van der Waals surface area (Å²) in [5.74, 6) is -1.66. The van der Waals surface area contributed by atoms with Gasteiger partial charge in [0.1, 0.15) is 0 Å². The van der Waals surface area contributed by atoms with Gasteiger partial charge in [0.25, 0.3) is 5.91 Å². The number of benzene rings is 1. The molecular weight excluding hydrogens is 255 g/mol. The number of aliphatic hydroxyl groups excluding tert-OH is 1. The van der Waals surface area contributed by atoms with Crippen molar-refractivity contribution in [2.75, 3.05) is 6.61 Å². The third-order valence-corrected chi connectivity index (χ3v) is 2.95.